The highest BCUT2D eigenvalue weighted by molar-refractivity contribution is 5.85. The van der Waals surface area contributed by atoms with Gasteiger partial charge in [0.05, 0.1) is 5.56 Å². The van der Waals surface area contributed by atoms with Gasteiger partial charge in [-0.05, 0) is 23.8 Å². The Balaban J connectivity index is 0.00000300. The van der Waals surface area contributed by atoms with Crippen LogP contribution in [0.4, 0.5) is 19.0 Å². The largest absolute Gasteiger partial charge is 0.485 e. The van der Waals surface area contributed by atoms with Crippen molar-refractivity contribution in [1.82, 2.24) is 4.98 Å². The highest BCUT2D eigenvalue weighted by atomic mass is 35.5. The van der Waals surface area contributed by atoms with Gasteiger partial charge < -0.3 is 10.5 Å². The van der Waals surface area contributed by atoms with E-state index in [0.717, 1.165) is 11.6 Å². The number of nitrogens with zero attached hydrogens (tertiary/aromatic N) is 2. The Kier molecular flexibility index (Phi) is 7.61. The maximum atomic E-state index is 13.1. The molecular weight excluding hydrogens is 403 g/mol. The van der Waals surface area contributed by atoms with Crippen LogP contribution in [-0.2, 0) is 19.2 Å². The molecule has 3 rings (SSSR count). The molecule has 0 fully saturated rings. The van der Waals surface area contributed by atoms with Crippen molar-refractivity contribution in [2.45, 2.75) is 19.2 Å². The van der Waals surface area contributed by atoms with Crippen LogP contribution in [0.5, 0.6) is 5.75 Å². The van der Waals surface area contributed by atoms with Crippen LogP contribution >= 0.6 is 12.4 Å². The van der Waals surface area contributed by atoms with Gasteiger partial charge in [-0.25, -0.2) is 9.98 Å². The SMILES string of the molecule is Cl.NC(Cc1ccccc1)=Nc1ncccc1OCc1ccccc1C(F)(F)F. The van der Waals surface area contributed by atoms with Gasteiger partial charge in [-0.15, -0.1) is 12.4 Å². The first-order chi connectivity index (χ1) is 13.4. The monoisotopic (exact) mass is 421 g/mol. The van der Waals surface area contributed by atoms with Crippen molar-refractivity contribution >= 4 is 24.1 Å². The number of pyridine rings is 1. The van der Waals surface area contributed by atoms with Crippen molar-refractivity contribution in [3.05, 3.63) is 89.6 Å². The third-order valence-corrected chi connectivity index (χ3v) is 3.93. The molecule has 0 saturated carbocycles. The highest BCUT2D eigenvalue weighted by Gasteiger charge is 2.33. The lowest BCUT2D eigenvalue weighted by Crippen LogP contribution is -2.14. The maximum absolute atomic E-state index is 13.1. The Labute approximate surface area is 172 Å². The lowest BCUT2D eigenvalue weighted by atomic mass is 10.1. The molecule has 0 aliphatic rings. The topological polar surface area (TPSA) is 60.5 Å². The second-order valence-corrected chi connectivity index (χ2v) is 6.03. The summed E-state index contributed by atoms with van der Waals surface area (Å²) in [6, 6.07) is 18.1. The number of amidine groups is 1. The van der Waals surface area contributed by atoms with E-state index in [4.69, 9.17) is 10.5 Å². The molecule has 29 heavy (non-hydrogen) atoms. The Hall–Kier alpha value is -3.06. The van der Waals surface area contributed by atoms with Gasteiger partial charge in [-0.3, -0.25) is 0 Å². The van der Waals surface area contributed by atoms with Gasteiger partial charge in [-0.2, -0.15) is 13.2 Å². The number of aromatic nitrogens is 1. The minimum atomic E-state index is -4.45. The van der Waals surface area contributed by atoms with Gasteiger partial charge >= 0.3 is 6.18 Å². The number of halogens is 4. The van der Waals surface area contributed by atoms with E-state index in [-0.39, 0.29) is 36.1 Å². The predicted octanol–water partition coefficient (Wildman–Crippen LogP) is 5.33. The number of benzene rings is 2. The van der Waals surface area contributed by atoms with Crippen LogP contribution in [-0.4, -0.2) is 10.8 Å². The molecule has 1 aromatic heterocycles. The van der Waals surface area contributed by atoms with Crippen molar-refractivity contribution in [3.63, 3.8) is 0 Å². The standard InChI is InChI=1S/C21H18F3N3O.ClH/c22-21(23,24)17-10-5-4-9-16(17)14-28-18-11-6-12-26-20(18)27-19(25)13-15-7-2-1-3-8-15;/h1-12H,13-14H2,(H2,25,26,27);1H. The molecule has 0 saturated heterocycles. The first-order valence-corrected chi connectivity index (χ1v) is 8.53. The molecule has 2 aromatic carbocycles. The molecule has 3 aromatic rings. The van der Waals surface area contributed by atoms with E-state index in [1.807, 2.05) is 30.3 Å². The van der Waals surface area contributed by atoms with Crippen LogP contribution in [0, 0.1) is 0 Å². The second kappa shape index (κ2) is 9.93. The quantitative estimate of drug-likeness (QED) is 0.432. The van der Waals surface area contributed by atoms with E-state index in [9.17, 15) is 13.2 Å². The molecule has 0 spiro atoms. The van der Waals surface area contributed by atoms with Crippen LogP contribution in [0.2, 0.25) is 0 Å². The highest BCUT2D eigenvalue weighted by Crippen LogP contribution is 2.33. The Morgan fingerprint density at radius 3 is 2.38 bits per heavy atom. The fourth-order valence-corrected chi connectivity index (χ4v) is 2.64. The van der Waals surface area contributed by atoms with Gasteiger partial charge in [0.2, 0.25) is 0 Å². The van der Waals surface area contributed by atoms with E-state index in [1.165, 1.54) is 24.4 Å². The molecule has 0 radical (unpaired) electrons. The molecule has 2 N–H and O–H groups in total. The molecule has 4 nitrogen and oxygen atoms in total. The molecule has 0 bridgehead atoms. The third kappa shape index (κ3) is 6.22. The number of hydrogen-bond donors (Lipinski definition) is 1. The van der Waals surface area contributed by atoms with Gasteiger partial charge in [0.25, 0.3) is 0 Å². The number of hydrogen-bond acceptors (Lipinski definition) is 3. The third-order valence-electron chi connectivity index (χ3n) is 3.93. The summed E-state index contributed by atoms with van der Waals surface area (Å²) in [7, 11) is 0. The molecule has 0 amide bonds. The van der Waals surface area contributed by atoms with Crippen LogP contribution in [0.3, 0.4) is 0 Å². The minimum Gasteiger partial charge on any atom is -0.485 e. The Morgan fingerprint density at radius 1 is 0.966 bits per heavy atom. The summed E-state index contributed by atoms with van der Waals surface area (Å²) in [5.41, 5.74) is 6.29. The average molecular weight is 422 g/mol. The zero-order valence-corrected chi connectivity index (χ0v) is 16.1. The lowest BCUT2D eigenvalue weighted by molar-refractivity contribution is -0.138. The summed E-state index contributed by atoms with van der Waals surface area (Å²) in [5.74, 6) is 0.807. The number of alkyl halides is 3. The Morgan fingerprint density at radius 2 is 1.66 bits per heavy atom. The number of aliphatic imine (C=N–C) groups is 1. The molecule has 0 aliphatic heterocycles. The van der Waals surface area contributed by atoms with Crippen molar-refractivity contribution in [2.24, 2.45) is 10.7 Å². The number of ether oxygens (including phenoxy) is 1. The molecule has 0 atom stereocenters. The van der Waals surface area contributed by atoms with Crippen LogP contribution < -0.4 is 10.5 Å². The van der Waals surface area contributed by atoms with Gasteiger partial charge in [-0.1, -0.05) is 48.5 Å². The van der Waals surface area contributed by atoms with E-state index >= 15 is 0 Å². The van der Waals surface area contributed by atoms with Crippen molar-refractivity contribution in [1.29, 1.82) is 0 Å². The predicted molar refractivity (Wildman–Crippen MR) is 109 cm³/mol. The fourth-order valence-electron chi connectivity index (χ4n) is 2.64. The average Bonchev–Trinajstić information content (AvgIpc) is 2.67. The summed E-state index contributed by atoms with van der Waals surface area (Å²) in [6.45, 7) is -0.261. The van der Waals surface area contributed by atoms with E-state index < -0.39 is 11.7 Å². The Bertz CT molecular complexity index is 963. The van der Waals surface area contributed by atoms with Crippen LogP contribution in [0.15, 0.2) is 77.9 Å². The van der Waals surface area contributed by atoms with Crippen LogP contribution in [0.1, 0.15) is 16.7 Å². The maximum Gasteiger partial charge on any atom is 0.416 e. The zero-order valence-electron chi connectivity index (χ0n) is 15.3. The molecule has 0 unspecified atom stereocenters. The summed E-state index contributed by atoms with van der Waals surface area (Å²) < 4.78 is 45.0. The summed E-state index contributed by atoms with van der Waals surface area (Å²) in [5, 5.41) is 0. The molecule has 1 heterocycles. The first-order valence-electron chi connectivity index (χ1n) is 8.53. The fraction of sp³-hybridized carbons (Fsp3) is 0.143. The second-order valence-electron chi connectivity index (χ2n) is 6.03. The molecule has 152 valence electrons. The number of rotatable bonds is 6. The van der Waals surface area contributed by atoms with E-state index in [1.54, 1.807) is 12.1 Å². The minimum absolute atomic E-state index is 0. The van der Waals surface area contributed by atoms with E-state index in [2.05, 4.69) is 9.98 Å². The normalized spacial score (nSPS) is 11.6. The molecular formula is C21H19ClF3N3O. The summed E-state index contributed by atoms with van der Waals surface area (Å²) in [4.78, 5) is 8.40. The number of nitrogens with two attached hydrogens (primary N) is 1. The summed E-state index contributed by atoms with van der Waals surface area (Å²) in [6.07, 6.45) is -2.51. The zero-order chi connectivity index (χ0) is 20.0. The smallest absolute Gasteiger partial charge is 0.416 e. The molecule has 0 aliphatic carbocycles. The lowest BCUT2D eigenvalue weighted by Gasteiger charge is -2.14. The van der Waals surface area contributed by atoms with Crippen molar-refractivity contribution in [2.75, 3.05) is 0 Å². The van der Waals surface area contributed by atoms with E-state index in [0.29, 0.717) is 12.3 Å². The van der Waals surface area contributed by atoms with Crippen molar-refractivity contribution < 1.29 is 17.9 Å². The van der Waals surface area contributed by atoms with Gasteiger partial charge in [0.15, 0.2) is 11.6 Å². The van der Waals surface area contributed by atoms with Gasteiger partial charge in [0.1, 0.15) is 12.4 Å². The molecule has 8 heteroatoms. The van der Waals surface area contributed by atoms with Crippen LogP contribution in [0.25, 0.3) is 0 Å². The summed E-state index contributed by atoms with van der Waals surface area (Å²) >= 11 is 0. The van der Waals surface area contributed by atoms with Crippen molar-refractivity contribution in [3.8, 4) is 5.75 Å². The van der Waals surface area contributed by atoms with Gasteiger partial charge in [0, 0.05) is 18.2 Å². The first kappa shape index (κ1) is 22.2.